The summed E-state index contributed by atoms with van der Waals surface area (Å²) in [5, 5.41) is 34.0. The summed E-state index contributed by atoms with van der Waals surface area (Å²) in [4.78, 5) is 13.5. The Balaban J connectivity index is 0.00000115. The van der Waals surface area contributed by atoms with E-state index in [0.717, 1.165) is 116 Å². The Kier molecular flexibility index (Phi) is 41.9. The van der Waals surface area contributed by atoms with Gasteiger partial charge in [0.2, 0.25) is 0 Å². The third-order valence-electron chi connectivity index (χ3n) is 12.5. The van der Waals surface area contributed by atoms with Crippen molar-refractivity contribution in [2.24, 2.45) is 0 Å². The van der Waals surface area contributed by atoms with E-state index in [-0.39, 0.29) is 21.7 Å². The minimum Gasteiger partial charge on any atom is -0.723 e. The largest absolute Gasteiger partial charge is 3.00 e. The normalized spacial score (nSPS) is 11.3. The van der Waals surface area contributed by atoms with Crippen LogP contribution >= 0.6 is 0 Å². The molecule has 451 valence electrons. The Bertz CT molecular complexity index is 1770. The van der Waals surface area contributed by atoms with Crippen LogP contribution in [0.5, 0.6) is 51.7 Å². The first-order valence-corrected chi connectivity index (χ1v) is 29.6. The molecule has 0 aromatic heterocycles. The van der Waals surface area contributed by atoms with Crippen LogP contribution < -0.4 is 58.4 Å². The molecule has 0 heterocycles. The first kappa shape index (κ1) is 75.3. The topological polar surface area (TPSA) is 180 Å². The fourth-order valence-electron chi connectivity index (χ4n) is 7.16. The smallest absolute Gasteiger partial charge is 0.723 e. The molecule has 0 spiro atoms. The van der Waals surface area contributed by atoms with Gasteiger partial charge in [-0.05, 0) is 118 Å². The summed E-state index contributed by atoms with van der Waals surface area (Å²) in [5.41, 5.74) is -1.17. The standard InChI is InChI=1S/3C21H36O5.Ti/c3*1-6-9-12-23-17-15-18(21(4,5)26-22)20(25-14-11-8-3)19(16-17)24-13-10-7-2;/h3*15-16,22H,6-14H2,1-5H3;/q;;;+3/p-3. The second-order valence-electron chi connectivity index (χ2n) is 21.0. The van der Waals surface area contributed by atoms with E-state index in [4.69, 9.17) is 42.6 Å². The van der Waals surface area contributed by atoms with Crippen molar-refractivity contribution in [2.75, 3.05) is 59.5 Å². The SMILES string of the molecule is CCCCOc1cc(OCCCC)c(OCCCC)c(C(C)(C)O[O-])c1.CCCCOc1cc(OCCCC)c(OCCCC)c(C(C)(C)O[O-])c1.CCCCOc1cc(OCCCC)c(OCCCC)c(C(C)(C)O[O-])c1.[Ti+3]. The van der Waals surface area contributed by atoms with Crippen LogP contribution in [0.15, 0.2) is 36.4 Å². The molecule has 0 aliphatic carbocycles. The summed E-state index contributed by atoms with van der Waals surface area (Å²) in [6, 6.07) is 11.1. The van der Waals surface area contributed by atoms with Crippen molar-refractivity contribution in [3.63, 3.8) is 0 Å². The molecule has 0 amide bonds. The average molecular weight is 1150 g/mol. The van der Waals surface area contributed by atoms with E-state index < -0.39 is 16.8 Å². The monoisotopic (exact) mass is 1150 g/mol. The molecular formula is C63H105O15Ti. The second-order valence-corrected chi connectivity index (χ2v) is 21.0. The molecule has 16 heteroatoms. The van der Waals surface area contributed by atoms with E-state index in [1.807, 2.05) is 36.4 Å². The zero-order valence-corrected chi connectivity index (χ0v) is 53.2. The molecule has 3 aromatic carbocycles. The van der Waals surface area contributed by atoms with Gasteiger partial charge in [-0.1, -0.05) is 120 Å². The summed E-state index contributed by atoms with van der Waals surface area (Å²) >= 11 is 0. The maximum atomic E-state index is 11.3. The van der Waals surface area contributed by atoms with Gasteiger partial charge < -0.3 is 73.1 Å². The fraction of sp³-hybridized carbons (Fsp3) is 0.714. The van der Waals surface area contributed by atoms with Crippen LogP contribution in [0.25, 0.3) is 0 Å². The molecule has 0 bridgehead atoms. The van der Waals surface area contributed by atoms with Crippen LogP contribution in [0.3, 0.4) is 0 Å². The number of benzene rings is 3. The van der Waals surface area contributed by atoms with Crippen molar-refractivity contribution in [1.82, 2.24) is 0 Å². The predicted molar refractivity (Wildman–Crippen MR) is 305 cm³/mol. The quantitative estimate of drug-likeness (QED) is 0.0226. The van der Waals surface area contributed by atoms with E-state index in [1.165, 1.54) is 0 Å². The van der Waals surface area contributed by atoms with E-state index >= 15 is 0 Å². The van der Waals surface area contributed by atoms with Crippen molar-refractivity contribution >= 4 is 0 Å². The summed E-state index contributed by atoms with van der Waals surface area (Å²) < 4.78 is 53.5. The molecular weight excluding hydrogens is 1040 g/mol. The maximum Gasteiger partial charge on any atom is 3.00 e. The molecule has 1 radical (unpaired) electrons. The van der Waals surface area contributed by atoms with Crippen molar-refractivity contribution in [1.29, 1.82) is 0 Å². The second kappa shape index (κ2) is 44.0. The molecule has 0 saturated carbocycles. The third kappa shape index (κ3) is 28.7. The average Bonchev–Trinajstić information content (AvgIpc) is 3.44. The van der Waals surface area contributed by atoms with Crippen LogP contribution in [-0.4, -0.2) is 59.5 Å². The fourth-order valence-corrected chi connectivity index (χ4v) is 7.16. The van der Waals surface area contributed by atoms with Crippen molar-refractivity contribution in [2.45, 2.75) is 236 Å². The molecule has 0 aliphatic rings. The number of hydrogen-bond acceptors (Lipinski definition) is 15. The van der Waals surface area contributed by atoms with Gasteiger partial charge in [0, 0.05) is 34.9 Å². The Morgan fingerprint density at radius 3 is 0.633 bits per heavy atom. The molecule has 0 aliphatic heterocycles. The predicted octanol–water partition coefficient (Wildman–Crippen LogP) is 14.2. The van der Waals surface area contributed by atoms with Crippen molar-refractivity contribution in [3.05, 3.63) is 53.1 Å². The molecule has 0 saturated heterocycles. The summed E-state index contributed by atoms with van der Waals surface area (Å²) in [6.45, 7) is 34.8. The number of hydrogen-bond donors (Lipinski definition) is 0. The van der Waals surface area contributed by atoms with Gasteiger partial charge in [0.25, 0.3) is 0 Å². The van der Waals surface area contributed by atoms with Gasteiger partial charge in [-0.2, -0.15) is 0 Å². The van der Waals surface area contributed by atoms with Gasteiger partial charge >= 0.3 is 21.7 Å². The van der Waals surface area contributed by atoms with Crippen LogP contribution in [0.2, 0.25) is 0 Å². The van der Waals surface area contributed by atoms with E-state index in [2.05, 4.69) is 77.0 Å². The van der Waals surface area contributed by atoms with E-state index in [0.29, 0.717) is 128 Å². The first-order chi connectivity index (χ1) is 37.5. The van der Waals surface area contributed by atoms with Gasteiger partial charge in [0.1, 0.15) is 17.2 Å². The summed E-state index contributed by atoms with van der Waals surface area (Å²) in [5.74, 6) is 5.61. The van der Waals surface area contributed by atoms with E-state index in [9.17, 15) is 15.8 Å². The molecule has 3 aromatic rings. The molecule has 3 rings (SSSR count). The van der Waals surface area contributed by atoms with Gasteiger partial charge in [-0.15, -0.1) is 0 Å². The molecule has 79 heavy (non-hydrogen) atoms. The molecule has 0 atom stereocenters. The summed E-state index contributed by atoms with van der Waals surface area (Å²) in [7, 11) is 0. The first-order valence-electron chi connectivity index (χ1n) is 29.6. The third-order valence-corrected chi connectivity index (χ3v) is 12.5. The van der Waals surface area contributed by atoms with Crippen molar-refractivity contribution < 1.29 is 94.8 Å². The molecule has 0 N–H and O–H groups in total. The van der Waals surface area contributed by atoms with Crippen LogP contribution in [0.1, 0.15) is 236 Å². The van der Waals surface area contributed by atoms with Gasteiger partial charge in [-0.3, -0.25) is 0 Å². The van der Waals surface area contributed by atoms with Crippen LogP contribution in [0, 0.1) is 0 Å². The number of ether oxygens (including phenoxy) is 9. The van der Waals surface area contributed by atoms with E-state index in [1.54, 1.807) is 41.5 Å². The molecule has 0 fully saturated rings. The van der Waals surface area contributed by atoms with Gasteiger partial charge in [0.05, 0.1) is 76.3 Å². The Morgan fingerprint density at radius 1 is 0.278 bits per heavy atom. The zero-order valence-electron chi connectivity index (χ0n) is 51.7. The summed E-state index contributed by atoms with van der Waals surface area (Å²) in [6.07, 6.45) is 17.9. The van der Waals surface area contributed by atoms with Crippen molar-refractivity contribution in [3.8, 4) is 51.7 Å². The van der Waals surface area contributed by atoms with Crippen LogP contribution in [-0.2, 0) is 53.2 Å². The molecule has 0 unspecified atom stereocenters. The van der Waals surface area contributed by atoms with Gasteiger partial charge in [-0.25, -0.2) is 0 Å². The minimum atomic E-state index is -1.05. The molecule has 15 nitrogen and oxygen atoms in total. The Morgan fingerprint density at radius 2 is 0.456 bits per heavy atom. The number of rotatable bonds is 42. The Hall–Kier alpha value is -3.67. The van der Waals surface area contributed by atoms with Gasteiger partial charge in [0.15, 0.2) is 34.5 Å². The zero-order chi connectivity index (χ0) is 58.2. The van der Waals surface area contributed by atoms with Crippen LogP contribution in [0.4, 0.5) is 0 Å². The Labute approximate surface area is 493 Å². The maximum absolute atomic E-state index is 11.3. The number of unbranched alkanes of at least 4 members (excludes halogenated alkanes) is 9. The minimum absolute atomic E-state index is 0.